The van der Waals surface area contributed by atoms with Gasteiger partial charge in [-0.25, -0.2) is 0 Å². The van der Waals surface area contributed by atoms with Crippen molar-refractivity contribution >= 4 is 27.2 Å². The van der Waals surface area contributed by atoms with Gasteiger partial charge in [0.25, 0.3) is 0 Å². The average Bonchev–Trinajstić information content (AvgIpc) is 3.05. The SMILES string of the molecule is CC(C)c1ccc(Oc2c(C(=O)c3ccccc3)sc3cc(O)ccc23)cc1. The molecule has 0 unspecified atom stereocenters. The molecule has 0 amide bonds. The Morgan fingerprint density at radius 2 is 1.68 bits per heavy atom. The van der Waals surface area contributed by atoms with Gasteiger partial charge in [-0.3, -0.25) is 4.79 Å². The molecule has 28 heavy (non-hydrogen) atoms. The first-order valence-electron chi connectivity index (χ1n) is 9.16. The van der Waals surface area contributed by atoms with Crippen molar-refractivity contribution in [2.45, 2.75) is 19.8 Å². The van der Waals surface area contributed by atoms with Crippen LogP contribution in [0.25, 0.3) is 10.1 Å². The number of benzene rings is 3. The van der Waals surface area contributed by atoms with Crippen molar-refractivity contribution in [3.8, 4) is 17.2 Å². The predicted molar refractivity (Wildman–Crippen MR) is 114 cm³/mol. The topological polar surface area (TPSA) is 46.5 Å². The highest BCUT2D eigenvalue weighted by Gasteiger charge is 2.22. The van der Waals surface area contributed by atoms with E-state index in [9.17, 15) is 9.90 Å². The Kier molecular flexibility index (Phi) is 4.88. The molecule has 4 rings (SSSR count). The van der Waals surface area contributed by atoms with Gasteiger partial charge in [0.15, 0.2) is 5.75 Å². The minimum absolute atomic E-state index is 0.0879. The fourth-order valence-electron chi connectivity index (χ4n) is 3.07. The van der Waals surface area contributed by atoms with Gasteiger partial charge in [0.1, 0.15) is 16.4 Å². The Bertz CT molecular complexity index is 1130. The molecule has 0 aliphatic rings. The third kappa shape index (κ3) is 3.51. The molecule has 140 valence electrons. The van der Waals surface area contributed by atoms with Crippen molar-refractivity contribution in [2.24, 2.45) is 0 Å². The number of fused-ring (bicyclic) bond motifs is 1. The molecule has 4 heteroatoms. The Labute approximate surface area is 167 Å². The maximum absolute atomic E-state index is 13.1. The first-order chi connectivity index (χ1) is 13.5. The fraction of sp³-hybridized carbons (Fsp3) is 0.125. The van der Waals surface area contributed by atoms with Crippen LogP contribution in [0.1, 0.15) is 40.6 Å². The van der Waals surface area contributed by atoms with Crippen LogP contribution < -0.4 is 4.74 Å². The van der Waals surface area contributed by atoms with Crippen LogP contribution in [0.5, 0.6) is 17.2 Å². The lowest BCUT2D eigenvalue weighted by Gasteiger charge is -2.10. The van der Waals surface area contributed by atoms with E-state index in [-0.39, 0.29) is 11.5 Å². The van der Waals surface area contributed by atoms with Crippen LogP contribution in [0.3, 0.4) is 0 Å². The average molecular weight is 388 g/mol. The summed E-state index contributed by atoms with van der Waals surface area (Å²) in [4.78, 5) is 13.7. The number of aromatic hydroxyl groups is 1. The monoisotopic (exact) mass is 388 g/mol. The summed E-state index contributed by atoms with van der Waals surface area (Å²) >= 11 is 1.33. The number of ether oxygens (including phenoxy) is 1. The van der Waals surface area contributed by atoms with E-state index in [1.54, 1.807) is 30.3 Å². The molecule has 0 spiro atoms. The molecule has 0 aliphatic heterocycles. The summed E-state index contributed by atoms with van der Waals surface area (Å²) in [7, 11) is 0. The molecule has 1 N–H and O–H groups in total. The van der Waals surface area contributed by atoms with Crippen LogP contribution in [0, 0.1) is 0 Å². The lowest BCUT2D eigenvalue weighted by atomic mass is 10.0. The zero-order valence-corrected chi connectivity index (χ0v) is 16.5. The number of thiophene rings is 1. The van der Waals surface area contributed by atoms with Gasteiger partial charge in [0, 0.05) is 15.6 Å². The number of carbonyl (C=O) groups is 1. The summed E-state index contributed by atoms with van der Waals surface area (Å²) in [6, 6.07) is 22.2. The molecule has 0 atom stereocenters. The first-order valence-corrected chi connectivity index (χ1v) is 9.97. The maximum atomic E-state index is 13.1. The normalized spacial score (nSPS) is 11.1. The number of carbonyl (C=O) groups excluding carboxylic acids is 1. The van der Waals surface area contributed by atoms with E-state index < -0.39 is 0 Å². The first kappa shape index (κ1) is 18.3. The van der Waals surface area contributed by atoms with E-state index >= 15 is 0 Å². The second-order valence-electron chi connectivity index (χ2n) is 6.96. The molecule has 0 saturated carbocycles. The summed E-state index contributed by atoms with van der Waals surface area (Å²) < 4.78 is 7.00. The number of phenolic OH excluding ortho intramolecular Hbond substituents is 1. The highest BCUT2D eigenvalue weighted by atomic mass is 32.1. The minimum atomic E-state index is -0.0879. The predicted octanol–water partition coefficient (Wildman–Crippen LogP) is 6.75. The number of ketones is 1. The summed E-state index contributed by atoms with van der Waals surface area (Å²) in [6.07, 6.45) is 0. The smallest absolute Gasteiger partial charge is 0.206 e. The van der Waals surface area contributed by atoms with Crippen LogP contribution in [-0.2, 0) is 0 Å². The van der Waals surface area contributed by atoms with Crippen LogP contribution in [-0.4, -0.2) is 10.9 Å². The van der Waals surface area contributed by atoms with Gasteiger partial charge in [0.05, 0.1) is 0 Å². The van der Waals surface area contributed by atoms with E-state index in [1.165, 1.54) is 16.9 Å². The lowest BCUT2D eigenvalue weighted by molar-refractivity contribution is 0.104. The van der Waals surface area contributed by atoms with Gasteiger partial charge in [-0.15, -0.1) is 11.3 Å². The molecular weight excluding hydrogens is 368 g/mol. The van der Waals surface area contributed by atoms with Crippen LogP contribution in [0.2, 0.25) is 0 Å². The van der Waals surface area contributed by atoms with Crippen molar-refractivity contribution in [3.63, 3.8) is 0 Å². The van der Waals surface area contributed by atoms with Crippen LogP contribution in [0.15, 0.2) is 72.8 Å². The highest BCUT2D eigenvalue weighted by molar-refractivity contribution is 7.21. The Morgan fingerprint density at radius 1 is 0.964 bits per heavy atom. The quantitative estimate of drug-likeness (QED) is 0.385. The molecule has 0 radical (unpaired) electrons. The summed E-state index contributed by atoms with van der Waals surface area (Å²) in [5.74, 6) is 1.73. The number of rotatable bonds is 5. The third-order valence-electron chi connectivity index (χ3n) is 4.64. The molecule has 1 heterocycles. The van der Waals surface area contributed by atoms with Gasteiger partial charge in [0.2, 0.25) is 5.78 Å². The summed E-state index contributed by atoms with van der Waals surface area (Å²) in [5.41, 5.74) is 1.84. The van der Waals surface area contributed by atoms with Crippen molar-refractivity contribution < 1.29 is 14.6 Å². The number of hydrogen-bond donors (Lipinski definition) is 1. The second kappa shape index (κ2) is 7.49. The second-order valence-corrected chi connectivity index (χ2v) is 8.01. The highest BCUT2D eigenvalue weighted by Crippen LogP contribution is 2.42. The molecule has 0 fully saturated rings. The molecule has 4 aromatic rings. The molecule has 3 aromatic carbocycles. The van der Waals surface area contributed by atoms with Gasteiger partial charge < -0.3 is 9.84 Å². The van der Waals surface area contributed by atoms with Crippen molar-refractivity contribution in [3.05, 3.63) is 88.8 Å². The van der Waals surface area contributed by atoms with Gasteiger partial charge in [-0.05, 0) is 41.8 Å². The molecule has 1 aromatic heterocycles. The van der Waals surface area contributed by atoms with E-state index in [0.717, 1.165) is 10.1 Å². The zero-order chi connectivity index (χ0) is 19.7. The van der Waals surface area contributed by atoms with Gasteiger partial charge in [-0.2, -0.15) is 0 Å². The van der Waals surface area contributed by atoms with E-state index in [4.69, 9.17) is 4.74 Å². The Balaban J connectivity index is 1.80. The minimum Gasteiger partial charge on any atom is -0.508 e. The van der Waals surface area contributed by atoms with Crippen LogP contribution >= 0.6 is 11.3 Å². The van der Waals surface area contributed by atoms with Crippen molar-refractivity contribution in [2.75, 3.05) is 0 Å². The van der Waals surface area contributed by atoms with Crippen LogP contribution in [0.4, 0.5) is 0 Å². The van der Waals surface area contributed by atoms with E-state index in [2.05, 4.69) is 13.8 Å². The molecular formula is C24H20O3S. The van der Waals surface area contributed by atoms with E-state index in [1.807, 2.05) is 42.5 Å². The van der Waals surface area contributed by atoms with Crippen molar-refractivity contribution in [1.29, 1.82) is 0 Å². The van der Waals surface area contributed by atoms with Gasteiger partial charge in [-0.1, -0.05) is 56.3 Å². The fourth-order valence-corrected chi connectivity index (χ4v) is 4.20. The molecule has 0 aliphatic carbocycles. The van der Waals surface area contributed by atoms with E-state index in [0.29, 0.717) is 27.9 Å². The standard InChI is InChI=1S/C24H20O3S/c1-15(2)16-8-11-19(12-9-16)27-23-20-13-10-18(25)14-21(20)28-24(23)22(26)17-6-4-3-5-7-17/h3-15,25H,1-2H3. The molecule has 0 saturated heterocycles. The van der Waals surface area contributed by atoms with Gasteiger partial charge >= 0.3 is 0 Å². The maximum Gasteiger partial charge on any atom is 0.206 e. The largest absolute Gasteiger partial charge is 0.508 e. The zero-order valence-electron chi connectivity index (χ0n) is 15.7. The molecule has 3 nitrogen and oxygen atoms in total. The molecule has 0 bridgehead atoms. The number of phenols is 1. The Morgan fingerprint density at radius 3 is 2.36 bits per heavy atom. The summed E-state index contributed by atoms with van der Waals surface area (Å²) in [5, 5.41) is 10.7. The van der Waals surface area contributed by atoms with Crippen molar-refractivity contribution in [1.82, 2.24) is 0 Å². The number of hydrogen-bond acceptors (Lipinski definition) is 4. The lowest BCUT2D eigenvalue weighted by Crippen LogP contribution is -2.00. The Hall–Kier alpha value is -3.11. The summed E-state index contributed by atoms with van der Waals surface area (Å²) in [6.45, 7) is 4.29. The third-order valence-corrected chi connectivity index (χ3v) is 5.77.